The number of hydrogen-bond acceptors (Lipinski definition) is 4. The molecule has 1 aliphatic heterocycles. The molecule has 0 saturated carbocycles. The first-order valence-corrected chi connectivity index (χ1v) is 5.64. The van der Waals surface area contributed by atoms with Gasteiger partial charge in [0.1, 0.15) is 0 Å². The zero-order valence-corrected chi connectivity index (χ0v) is 9.93. The van der Waals surface area contributed by atoms with Crippen molar-refractivity contribution in [1.82, 2.24) is 20.4 Å². The fourth-order valence-corrected chi connectivity index (χ4v) is 1.91. The Morgan fingerprint density at radius 3 is 2.94 bits per heavy atom. The zero-order chi connectivity index (χ0) is 12.4. The minimum absolute atomic E-state index is 0.0349. The molecule has 6 heteroatoms. The van der Waals surface area contributed by atoms with Crippen LogP contribution in [-0.2, 0) is 16.6 Å². The van der Waals surface area contributed by atoms with E-state index in [2.05, 4.69) is 15.7 Å². The van der Waals surface area contributed by atoms with E-state index >= 15 is 0 Å². The van der Waals surface area contributed by atoms with Gasteiger partial charge in [-0.15, -0.1) is 0 Å². The van der Waals surface area contributed by atoms with Gasteiger partial charge in [-0.25, -0.2) is 0 Å². The molecule has 6 nitrogen and oxygen atoms in total. The fraction of sp³-hybridized carbons (Fsp3) is 0.545. The number of amides is 2. The van der Waals surface area contributed by atoms with Crippen LogP contribution in [-0.4, -0.2) is 27.6 Å². The Bertz CT molecular complexity index is 440. The van der Waals surface area contributed by atoms with Crippen LogP contribution in [0, 0.1) is 0 Å². The lowest BCUT2D eigenvalue weighted by atomic mass is 10.0. The van der Waals surface area contributed by atoms with Gasteiger partial charge in [-0.1, -0.05) is 0 Å². The number of carbonyl (C=O) groups excluding carboxylic acids is 2. The molecule has 1 fully saturated rings. The summed E-state index contributed by atoms with van der Waals surface area (Å²) in [6.07, 6.45) is 4.62. The van der Waals surface area contributed by atoms with E-state index in [0.29, 0.717) is 12.8 Å². The van der Waals surface area contributed by atoms with Crippen molar-refractivity contribution in [2.24, 2.45) is 7.05 Å². The SMILES string of the molecule is CC(NC1CCC(=O)NC1=O)c1cnn(C)c1. The standard InChI is InChI=1S/C11H16N4O2/c1-7(8-5-12-15(2)6-8)13-9-3-4-10(16)14-11(9)17/h5-7,9,13H,3-4H2,1-2H3,(H,14,16,17). The summed E-state index contributed by atoms with van der Waals surface area (Å²) in [5.41, 5.74) is 1.03. The second-order valence-electron chi connectivity index (χ2n) is 4.34. The molecule has 2 amide bonds. The minimum Gasteiger partial charge on any atom is -0.299 e. The predicted octanol–water partition coefficient (Wildman–Crippen LogP) is -0.124. The van der Waals surface area contributed by atoms with Gasteiger partial charge in [0.2, 0.25) is 11.8 Å². The molecule has 2 heterocycles. The molecule has 2 N–H and O–H groups in total. The van der Waals surface area contributed by atoms with E-state index < -0.39 is 0 Å². The van der Waals surface area contributed by atoms with Crippen LogP contribution >= 0.6 is 0 Å². The van der Waals surface area contributed by atoms with Gasteiger partial charge in [0, 0.05) is 31.3 Å². The number of carbonyl (C=O) groups is 2. The third-order valence-electron chi connectivity index (χ3n) is 2.92. The Morgan fingerprint density at radius 1 is 1.59 bits per heavy atom. The zero-order valence-electron chi connectivity index (χ0n) is 9.93. The van der Waals surface area contributed by atoms with Crippen LogP contribution in [0.4, 0.5) is 0 Å². The Morgan fingerprint density at radius 2 is 2.35 bits per heavy atom. The van der Waals surface area contributed by atoms with Crippen LogP contribution in [0.5, 0.6) is 0 Å². The Hall–Kier alpha value is -1.69. The molecule has 0 bridgehead atoms. The number of nitrogens with one attached hydrogen (secondary N) is 2. The highest BCUT2D eigenvalue weighted by molar-refractivity contribution is 6.00. The number of nitrogens with zero attached hydrogens (tertiary/aromatic N) is 2. The maximum absolute atomic E-state index is 11.6. The first kappa shape index (κ1) is 11.8. The van der Waals surface area contributed by atoms with E-state index in [-0.39, 0.29) is 23.9 Å². The lowest BCUT2D eigenvalue weighted by molar-refractivity contribution is -0.134. The first-order chi connectivity index (χ1) is 8.06. The number of hydrogen-bond donors (Lipinski definition) is 2. The van der Waals surface area contributed by atoms with Crippen molar-refractivity contribution >= 4 is 11.8 Å². The molecule has 1 aromatic rings. The molecular weight excluding hydrogens is 220 g/mol. The maximum Gasteiger partial charge on any atom is 0.243 e. The summed E-state index contributed by atoms with van der Waals surface area (Å²) >= 11 is 0. The van der Waals surface area contributed by atoms with Crippen molar-refractivity contribution < 1.29 is 9.59 Å². The molecule has 0 spiro atoms. The highest BCUT2D eigenvalue weighted by atomic mass is 16.2. The molecule has 92 valence electrons. The van der Waals surface area contributed by atoms with Gasteiger partial charge < -0.3 is 0 Å². The second kappa shape index (κ2) is 4.67. The van der Waals surface area contributed by atoms with E-state index in [0.717, 1.165) is 5.56 Å². The van der Waals surface area contributed by atoms with Gasteiger partial charge in [0.15, 0.2) is 0 Å². The van der Waals surface area contributed by atoms with E-state index in [1.54, 1.807) is 10.9 Å². The summed E-state index contributed by atoms with van der Waals surface area (Å²) < 4.78 is 1.72. The molecule has 1 saturated heterocycles. The van der Waals surface area contributed by atoms with Crippen molar-refractivity contribution in [2.45, 2.75) is 31.8 Å². The molecule has 2 rings (SSSR count). The summed E-state index contributed by atoms with van der Waals surface area (Å²) in [6, 6.07) is -0.268. The fourth-order valence-electron chi connectivity index (χ4n) is 1.91. The average Bonchev–Trinajstić information content (AvgIpc) is 2.69. The Balaban J connectivity index is 1.97. The average molecular weight is 236 g/mol. The molecule has 2 atom stereocenters. The quantitative estimate of drug-likeness (QED) is 0.717. The van der Waals surface area contributed by atoms with Gasteiger partial charge in [0.25, 0.3) is 0 Å². The van der Waals surface area contributed by atoms with Crippen LogP contribution in [0.3, 0.4) is 0 Å². The molecule has 2 unspecified atom stereocenters. The molecular formula is C11H16N4O2. The predicted molar refractivity (Wildman–Crippen MR) is 60.9 cm³/mol. The Labute approximate surface area is 99.4 Å². The van der Waals surface area contributed by atoms with E-state index in [1.165, 1.54) is 0 Å². The lowest BCUT2D eigenvalue weighted by Crippen LogP contribution is -2.51. The van der Waals surface area contributed by atoms with Gasteiger partial charge in [-0.3, -0.25) is 24.9 Å². The summed E-state index contributed by atoms with van der Waals surface area (Å²) in [4.78, 5) is 22.6. The summed E-state index contributed by atoms with van der Waals surface area (Å²) in [6.45, 7) is 1.97. The third kappa shape index (κ3) is 2.71. The summed E-state index contributed by atoms with van der Waals surface area (Å²) in [5, 5.41) is 9.62. The van der Waals surface area contributed by atoms with Crippen molar-refractivity contribution in [2.75, 3.05) is 0 Å². The van der Waals surface area contributed by atoms with Gasteiger partial charge >= 0.3 is 0 Å². The number of aryl methyl sites for hydroxylation is 1. The largest absolute Gasteiger partial charge is 0.299 e. The van der Waals surface area contributed by atoms with Gasteiger partial charge in [-0.2, -0.15) is 5.10 Å². The molecule has 0 radical (unpaired) electrons. The topological polar surface area (TPSA) is 76.0 Å². The molecule has 1 aliphatic rings. The lowest BCUT2D eigenvalue weighted by Gasteiger charge is -2.24. The first-order valence-electron chi connectivity index (χ1n) is 5.64. The number of aromatic nitrogens is 2. The van der Waals surface area contributed by atoms with Gasteiger partial charge in [-0.05, 0) is 13.3 Å². The molecule has 1 aromatic heterocycles. The second-order valence-corrected chi connectivity index (χ2v) is 4.34. The maximum atomic E-state index is 11.6. The third-order valence-corrected chi connectivity index (χ3v) is 2.92. The van der Waals surface area contributed by atoms with E-state index in [4.69, 9.17) is 0 Å². The van der Waals surface area contributed by atoms with Crippen LogP contribution in [0.25, 0.3) is 0 Å². The van der Waals surface area contributed by atoms with Crippen molar-refractivity contribution in [1.29, 1.82) is 0 Å². The van der Waals surface area contributed by atoms with E-state index in [9.17, 15) is 9.59 Å². The molecule has 0 aliphatic carbocycles. The van der Waals surface area contributed by atoms with Gasteiger partial charge in [0.05, 0.1) is 12.2 Å². The summed E-state index contributed by atoms with van der Waals surface area (Å²) in [5.74, 6) is -0.431. The van der Waals surface area contributed by atoms with Crippen molar-refractivity contribution in [3.8, 4) is 0 Å². The van der Waals surface area contributed by atoms with Crippen LogP contribution in [0.1, 0.15) is 31.4 Å². The smallest absolute Gasteiger partial charge is 0.243 e. The molecule has 0 aromatic carbocycles. The normalized spacial score (nSPS) is 22.4. The Kier molecular flexibility index (Phi) is 3.23. The van der Waals surface area contributed by atoms with Crippen LogP contribution < -0.4 is 10.6 Å². The van der Waals surface area contributed by atoms with Crippen LogP contribution in [0.15, 0.2) is 12.4 Å². The number of imide groups is 1. The van der Waals surface area contributed by atoms with Crippen LogP contribution in [0.2, 0.25) is 0 Å². The van der Waals surface area contributed by atoms with Crippen molar-refractivity contribution in [3.05, 3.63) is 18.0 Å². The highest BCUT2D eigenvalue weighted by Crippen LogP contribution is 2.14. The minimum atomic E-state index is -0.303. The number of piperidine rings is 1. The molecule has 17 heavy (non-hydrogen) atoms. The number of rotatable bonds is 3. The summed E-state index contributed by atoms with van der Waals surface area (Å²) in [7, 11) is 1.85. The monoisotopic (exact) mass is 236 g/mol. The highest BCUT2D eigenvalue weighted by Gasteiger charge is 2.27. The van der Waals surface area contributed by atoms with Crippen molar-refractivity contribution in [3.63, 3.8) is 0 Å². The van der Waals surface area contributed by atoms with E-state index in [1.807, 2.05) is 20.2 Å².